The Morgan fingerprint density at radius 3 is 2.45 bits per heavy atom. The number of likely N-dealkylation sites (N-methyl/N-ethyl adjacent to an activating group) is 2. The van der Waals surface area contributed by atoms with Crippen LogP contribution in [-0.4, -0.2) is 49.1 Å². The summed E-state index contributed by atoms with van der Waals surface area (Å²) in [4.78, 5) is 16.1. The van der Waals surface area contributed by atoms with E-state index < -0.39 is 0 Å². The summed E-state index contributed by atoms with van der Waals surface area (Å²) < 4.78 is 0. The molecule has 0 aliphatic rings. The minimum atomic E-state index is -0.131. The van der Waals surface area contributed by atoms with Crippen molar-refractivity contribution < 1.29 is 4.79 Å². The Morgan fingerprint density at radius 1 is 1.25 bits per heavy atom. The first kappa shape index (κ1) is 16.8. The molecule has 0 unspecified atom stereocenters. The maximum absolute atomic E-state index is 12.1. The topological polar surface area (TPSA) is 35.6 Å². The summed E-state index contributed by atoms with van der Waals surface area (Å²) in [6.07, 6.45) is 0. The zero-order valence-electron chi connectivity index (χ0n) is 12.7. The van der Waals surface area contributed by atoms with Gasteiger partial charge in [0.25, 0.3) is 0 Å². The van der Waals surface area contributed by atoms with Crippen molar-refractivity contribution in [3.63, 3.8) is 0 Å². The summed E-state index contributed by atoms with van der Waals surface area (Å²) >= 11 is 6.11. The van der Waals surface area contributed by atoms with E-state index in [0.717, 1.165) is 25.2 Å². The first-order valence-corrected chi connectivity index (χ1v) is 7.37. The van der Waals surface area contributed by atoms with Gasteiger partial charge >= 0.3 is 6.03 Å². The van der Waals surface area contributed by atoms with E-state index in [1.54, 1.807) is 18.0 Å². The van der Waals surface area contributed by atoms with Crippen LogP contribution in [0.5, 0.6) is 0 Å². The number of rotatable bonds is 6. The molecule has 0 heterocycles. The lowest BCUT2D eigenvalue weighted by atomic mass is 10.2. The van der Waals surface area contributed by atoms with Gasteiger partial charge in [-0.05, 0) is 31.6 Å². The lowest BCUT2D eigenvalue weighted by Gasteiger charge is -2.24. The van der Waals surface area contributed by atoms with Gasteiger partial charge in [0.15, 0.2) is 0 Å². The van der Waals surface area contributed by atoms with Crippen LogP contribution in [-0.2, 0) is 0 Å². The van der Waals surface area contributed by atoms with Gasteiger partial charge in [-0.25, -0.2) is 4.79 Å². The number of carbonyl (C=O) groups excluding carboxylic acids is 1. The van der Waals surface area contributed by atoms with Crippen molar-refractivity contribution >= 4 is 23.3 Å². The van der Waals surface area contributed by atoms with Crippen LogP contribution in [0.25, 0.3) is 0 Å². The van der Waals surface area contributed by atoms with Crippen LogP contribution in [0, 0.1) is 6.92 Å². The van der Waals surface area contributed by atoms with E-state index in [2.05, 4.69) is 24.1 Å². The zero-order chi connectivity index (χ0) is 15.1. The monoisotopic (exact) mass is 297 g/mol. The van der Waals surface area contributed by atoms with Crippen molar-refractivity contribution in [1.82, 2.24) is 9.80 Å². The van der Waals surface area contributed by atoms with Gasteiger partial charge in [0.05, 0.1) is 10.7 Å². The van der Waals surface area contributed by atoms with Crippen molar-refractivity contribution in [2.45, 2.75) is 20.8 Å². The molecular formula is C15H24ClN3O. The van der Waals surface area contributed by atoms with Crippen LogP contribution in [0.3, 0.4) is 0 Å². The molecule has 20 heavy (non-hydrogen) atoms. The molecule has 0 aliphatic carbocycles. The number of para-hydroxylation sites is 1. The SMILES string of the molecule is CCN(CC)CCN(C)C(=O)Nc1c(C)cccc1Cl. The minimum Gasteiger partial charge on any atom is -0.326 e. The Morgan fingerprint density at radius 2 is 1.90 bits per heavy atom. The standard InChI is InChI=1S/C15H24ClN3O/c1-5-19(6-2)11-10-18(4)15(20)17-14-12(3)8-7-9-13(14)16/h7-9H,5-6,10-11H2,1-4H3,(H,17,20). The molecule has 0 spiro atoms. The molecule has 0 aromatic heterocycles. The Hall–Kier alpha value is -1.26. The van der Waals surface area contributed by atoms with Crippen LogP contribution in [0.15, 0.2) is 18.2 Å². The Balaban J connectivity index is 2.58. The molecule has 2 amide bonds. The molecule has 0 saturated heterocycles. The third kappa shape index (κ3) is 4.69. The normalized spacial score (nSPS) is 10.7. The van der Waals surface area contributed by atoms with E-state index in [9.17, 15) is 4.79 Å². The Labute approximate surface area is 126 Å². The number of anilines is 1. The second-order valence-corrected chi connectivity index (χ2v) is 5.22. The Bertz CT molecular complexity index is 426. The molecule has 1 aromatic rings. The Kier molecular flexibility index (Phi) is 6.82. The number of aryl methyl sites for hydroxylation is 1. The molecule has 0 atom stereocenters. The lowest BCUT2D eigenvalue weighted by Crippen LogP contribution is -2.38. The van der Waals surface area contributed by atoms with Crippen LogP contribution >= 0.6 is 11.6 Å². The fraction of sp³-hybridized carbons (Fsp3) is 0.533. The number of nitrogens with one attached hydrogen (secondary N) is 1. The van der Waals surface area contributed by atoms with Gasteiger partial charge in [0.2, 0.25) is 0 Å². The van der Waals surface area contributed by atoms with Gasteiger partial charge in [0.1, 0.15) is 0 Å². The summed E-state index contributed by atoms with van der Waals surface area (Å²) in [5.41, 5.74) is 1.65. The molecule has 112 valence electrons. The maximum atomic E-state index is 12.1. The van der Waals surface area contributed by atoms with E-state index in [4.69, 9.17) is 11.6 Å². The third-order valence-corrected chi connectivity index (χ3v) is 3.76. The van der Waals surface area contributed by atoms with Crippen molar-refractivity contribution in [1.29, 1.82) is 0 Å². The van der Waals surface area contributed by atoms with Crippen molar-refractivity contribution in [3.05, 3.63) is 28.8 Å². The number of hydrogen-bond donors (Lipinski definition) is 1. The van der Waals surface area contributed by atoms with Gasteiger partial charge < -0.3 is 15.1 Å². The molecule has 5 heteroatoms. The summed E-state index contributed by atoms with van der Waals surface area (Å²) in [5, 5.41) is 3.44. The number of carbonyl (C=O) groups is 1. The van der Waals surface area contributed by atoms with Crippen molar-refractivity contribution in [3.8, 4) is 0 Å². The highest BCUT2D eigenvalue weighted by Crippen LogP contribution is 2.25. The molecule has 0 radical (unpaired) electrons. The van der Waals surface area contributed by atoms with Crippen molar-refractivity contribution in [2.24, 2.45) is 0 Å². The summed E-state index contributed by atoms with van der Waals surface area (Å²) in [6, 6.07) is 5.45. The molecular weight excluding hydrogens is 274 g/mol. The van der Waals surface area contributed by atoms with Gasteiger partial charge in [-0.3, -0.25) is 0 Å². The molecule has 1 aromatic carbocycles. The van der Waals surface area contributed by atoms with Crippen LogP contribution in [0.4, 0.5) is 10.5 Å². The van der Waals surface area contributed by atoms with Crippen LogP contribution in [0.2, 0.25) is 5.02 Å². The summed E-state index contributed by atoms with van der Waals surface area (Å²) in [7, 11) is 1.80. The van der Waals surface area contributed by atoms with E-state index in [-0.39, 0.29) is 6.03 Å². The van der Waals surface area contributed by atoms with Gasteiger partial charge in [-0.1, -0.05) is 37.6 Å². The second-order valence-electron chi connectivity index (χ2n) is 4.81. The average Bonchev–Trinajstić information content (AvgIpc) is 2.43. The average molecular weight is 298 g/mol. The molecule has 0 aliphatic heterocycles. The molecule has 0 saturated carbocycles. The van der Waals surface area contributed by atoms with E-state index in [1.807, 2.05) is 19.1 Å². The number of hydrogen-bond acceptors (Lipinski definition) is 2. The third-order valence-electron chi connectivity index (χ3n) is 3.45. The van der Waals surface area contributed by atoms with E-state index in [1.165, 1.54) is 0 Å². The molecule has 4 nitrogen and oxygen atoms in total. The minimum absolute atomic E-state index is 0.131. The summed E-state index contributed by atoms with van der Waals surface area (Å²) in [6.45, 7) is 9.73. The van der Waals surface area contributed by atoms with E-state index >= 15 is 0 Å². The molecule has 1 rings (SSSR count). The van der Waals surface area contributed by atoms with Gasteiger partial charge in [0, 0.05) is 20.1 Å². The number of benzene rings is 1. The first-order valence-electron chi connectivity index (χ1n) is 6.99. The fourth-order valence-electron chi connectivity index (χ4n) is 1.93. The highest BCUT2D eigenvalue weighted by molar-refractivity contribution is 6.33. The molecule has 0 bridgehead atoms. The highest BCUT2D eigenvalue weighted by Gasteiger charge is 2.12. The van der Waals surface area contributed by atoms with E-state index in [0.29, 0.717) is 17.3 Å². The highest BCUT2D eigenvalue weighted by atomic mass is 35.5. The summed E-state index contributed by atoms with van der Waals surface area (Å²) in [5.74, 6) is 0. The number of amides is 2. The number of halogens is 1. The zero-order valence-corrected chi connectivity index (χ0v) is 13.5. The lowest BCUT2D eigenvalue weighted by molar-refractivity contribution is 0.210. The fourth-order valence-corrected chi connectivity index (χ4v) is 2.19. The van der Waals surface area contributed by atoms with Gasteiger partial charge in [-0.15, -0.1) is 0 Å². The number of nitrogens with zero attached hydrogens (tertiary/aromatic N) is 2. The van der Waals surface area contributed by atoms with Crippen LogP contribution < -0.4 is 5.32 Å². The van der Waals surface area contributed by atoms with Crippen LogP contribution in [0.1, 0.15) is 19.4 Å². The largest absolute Gasteiger partial charge is 0.326 e. The maximum Gasteiger partial charge on any atom is 0.321 e. The number of urea groups is 1. The quantitative estimate of drug-likeness (QED) is 0.873. The molecule has 1 N–H and O–H groups in total. The predicted molar refractivity (Wildman–Crippen MR) is 85.6 cm³/mol. The first-order chi connectivity index (χ1) is 9.49. The predicted octanol–water partition coefficient (Wildman–Crippen LogP) is 3.45. The molecule has 0 fully saturated rings. The van der Waals surface area contributed by atoms with Crippen molar-refractivity contribution in [2.75, 3.05) is 38.5 Å². The second kappa shape index (κ2) is 8.12. The van der Waals surface area contributed by atoms with Gasteiger partial charge in [-0.2, -0.15) is 0 Å². The smallest absolute Gasteiger partial charge is 0.321 e.